The SMILES string of the molecule is CCOC(=O)CCCCCN1C(=O)/C(=C\c2ccc(OCc3cc(C)c(C)cc3C)c(OC)c2)SC1=S. The number of methoxy groups -OCH3 is 1. The molecule has 0 bridgehead atoms. The number of hydrogen-bond donors (Lipinski definition) is 0. The lowest BCUT2D eigenvalue weighted by atomic mass is 10.0. The lowest BCUT2D eigenvalue weighted by molar-refractivity contribution is -0.143. The molecule has 198 valence electrons. The van der Waals surface area contributed by atoms with Crippen LogP contribution < -0.4 is 9.47 Å². The van der Waals surface area contributed by atoms with Crippen LogP contribution in [-0.4, -0.2) is 41.4 Å². The minimum absolute atomic E-state index is 0.0927. The van der Waals surface area contributed by atoms with E-state index in [9.17, 15) is 9.59 Å². The molecule has 1 fully saturated rings. The van der Waals surface area contributed by atoms with Gasteiger partial charge in [-0.05, 0) is 86.6 Å². The maximum Gasteiger partial charge on any atom is 0.305 e. The van der Waals surface area contributed by atoms with Gasteiger partial charge in [0.2, 0.25) is 0 Å². The monoisotopic (exact) mass is 541 g/mol. The number of rotatable bonds is 12. The van der Waals surface area contributed by atoms with Crippen molar-refractivity contribution >= 4 is 46.3 Å². The van der Waals surface area contributed by atoms with Gasteiger partial charge in [-0.25, -0.2) is 0 Å². The number of esters is 1. The summed E-state index contributed by atoms with van der Waals surface area (Å²) in [6, 6.07) is 9.98. The molecular formula is C29H35NO5S2. The Morgan fingerprint density at radius 2 is 1.78 bits per heavy atom. The van der Waals surface area contributed by atoms with Crippen molar-refractivity contribution in [3.8, 4) is 11.5 Å². The first-order valence-electron chi connectivity index (χ1n) is 12.5. The van der Waals surface area contributed by atoms with Gasteiger partial charge in [-0.1, -0.05) is 48.6 Å². The zero-order chi connectivity index (χ0) is 26.9. The van der Waals surface area contributed by atoms with E-state index in [-0.39, 0.29) is 11.9 Å². The van der Waals surface area contributed by atoms with Crippen molar-refractivity contribution in [2.75, 3.05) is 20.3 Å². The van der Waals surface area contributed by atoms with Crippen molar-refractivity contribution < 1.29 is 23.8 Å². The third-order valence-electron chi connectivity index (χ3n) is 6.26. The van der Waals surface area contributed by atoms with Gasteiger partial charge >= 0.3 is 5.97 Å². The van der Waals surface area contributed by atoms with Crippen molar-refractivity contribution in [3.05, 3.63) is 63.1 Å². The van der Waals surface area contributed by atoms with Gasteiger partial charge < -0.3 is 14.2 Å². The number of thiocarbonyl (C=S) groups is 1. The quantitative estimate of drug-likeness (QED) is 0.131. The molecule has 0 saturated carbocycles. The number of nitrogens with zero attached hydrogens (tertiary/aromatic N) is 1. The Hall–Kier alpha value is -2.84. The zero-order valence-electron chi connectivity index (χ0n) is 22.2. The summed E-state index contributed by atoms with van der Waals surface area (Å²) >= 11 is 6.76. The highest BCUT2D eigenvalue weighted by atomic mass is 32.2. The van der Waals surface area contributed by atoms with Gasteiger partial charge in [-0.3, -0.25) is 14.5 Å². The number of ether oxygens (including phenoxy) is 3. The molecule has 1 aliphatic rings. The van der Waals surface area contributed by atoms with Gasteiger partial charge in [0.15, 0.2) is 11.5 Å². The van der Waals surface area contributed by atoms with Crippen LogP contribution in [0.2, 0.25) is 0 Å². The highest BCUT2D eigenvalue weighted by molar-refractivity contribution is 8.26. The minimum Gasteiger partial charge on any atom is -0.493 e. The van der Waals surface area contributed by atoms with E-state index in [2.05, 4.69) is 32.9 Å². The summed E-state index contributed by atoms with van der Waals surface area (Å²) in [7, 11) is 1.61. The molecule has 1 heterocycles. The van der Waals surface area contributed by atoms with Gasteiger partial charge in [0.1, 0.15) is 10.9 Å². The van der Waals surface area contributed by atoms with Gasteiger partial charge in [0.25, 0.3) is 5.91 Å². The molecule has 8 heteroatoms. The fourth-order valence-electron chi connectivity index (χ4n) is 4.02. The molecule has 0 radical (unpaired) electrons. The number of hydrogen-bond acceptors (Lipinski definition) is 7. The van der Waals surface area contributed by atoms with E-state index in [1.165, 1.54) is 28.5 Å². The Labute approximate surface area is 229 Å². The van der Waals surface area contributed by atoms with E-state index >= 15 is 0 Å². The number of carbonyl (C=O) groups excluding carboxylic acids is 2. The molecule has 1 aliphatic heterocycles. The topological polar surface area (TPSA) is 65.1 Å². The molecule has 0 unspecified atom stereocenters. The lowest BCUT2D eigenvalue weighted by Gasteiger charge is -2.14. The Kier molecular flexibility index (Phi) is 10.6. The summed E-state index contributed by atoms with van der Waals surface area (Å²) < 4.78 is 17.2. The van der Waals surface area contributed by atoms with Gasteiger partial charge in [-0.2, -0.15) is 0 Å². The van der Waals surface area contributed by atoms with Crippen LogP contribution in [-0.2, 0) is 20.9 Å². The number of benzene rings is 2. The third-order valence-corrected chi connectivity index (χ3v) is 7.64. The smallest absolute Gasteiger partial charge is 0.305 e. The van der Waals surface area contributed by atoms with Crippen LogP contribution >= 0.6 is 24.0 Å². The van der Waals surface area contributed by atoms with E-state index in [0.717, 1.165) is 30.4 Å². The molecular weight excluding hydrogens is 506 g/mol. The van der Waals surface area contributed by atoms with Crippen molar-refractivity contribution in [1.82, 2.24) is 4.90 Å². The third kappa shape index (κ3) is 7.82. The summed E-state index contributed by atoms with van der Waals surface area (Å²) in [6.07, 6.45) is 4.58. The number of thioether (sulfide) groups is 1. The van der Waals surface area contributed by atoms with Crippen LogP contribution in [0, 0.1) is 20.8 Å². The molecule has 0 spiro atoms. The predicted molar refractivity (Wildman–Crippen MR) is 153 cm³/mol. The normalized spacial score (nSPS) is 14.4. The van der Waals surface area contributed by atoms with Crippen LogP contribution in [0.1, 0.15) is 60.4 Å². The summed E-state index contributed by atoms with van der Waals surface area (Å²) in [6.45, 7) is 9.48. The zero-order valence-corrected chi connectivity index (χ0v) is 23.9. The second-order valence-electron chi connectivity index (χ2n) is 9.01. The minimum atomic E-state index is -0.178. The number of carbonyl (C=O) groups is 2. The molecule has 2 aromatic carbocycles. The second-order valence-corrected chi connectivity index (χ2v) is 10.7. The predicted octanol–water partition coefficient (Wildman–Crippen LogP) is 6.52. The average molecular weight is 542 g/mol. The van der Waals surface area contributed by atoms with Gasteiger partial charge in [0, 0.05) is 13.0 Å². The maximum absolute atomic E-state index is 13.0. The van der Waals surface area contributed by atoms with E-state index in [4.69, 9.17) is 26.4 Å². The number of unbranched alkanes of at least 4 members (excludes halogenated alkanes) is 2. The molecule has 0 N–H and O–H groups in total. The Balaban J connectivity index is 1.60. The Bertz CT molecular complexity index is 1190. The molecule has 6 nitrogen and oxygen atoms in total. The first-order valence-corrected chi connectivity index (χ1v) is 13.7. The van der Waals surface area contributed by atoms with E-state index in [1.807, 2.05) is 24.3 Å². The average Bonchev–Trinajstić information content (AvgIpc) is 3.13. The first-order chi connectivity index (χ1) is 17.7. The second kappa shape index (κ2) is 13.6. The van der Waals surface area contributed by atoms with Crippen LogP contribution in [0.25, 0.3) is 6.08 Å². The lowest BCUT2D eigenvalue weighted by Crippen LogP contribution is -2.29. The highest BCUT2D eigenvalue weighted by Gasteiger charge is 2.31. The van der Waals surface area contributed by atoms with Crippen LogP contribution in [0.15, 0.2) is 35.2 Å². The van der Waals surface area contributed by atoms with Crippen LogP contribution in [0.3, 0.4) is 0 Å². The molecule has 0 aliphatic carbocycles. The number of aryl methyl sites for hydroxylation is 3. The van der Waals surface area contributed by atoms with Crippen molar-refractivity contribution in [2.45, 2.75) is 60.0 Å². The summed E-state index contributed by atoms with van der Waals surface area (Å²) in [5.74, 6) is 0.980. The number of amides is 1. The summed E-state index contributed by atoms with van der Waals surface area (Å²) in [5, 5.41) is 0. The van der Waals surface area contributed by atoms with Crippen molar-refractivity contribution in [2.24, 2.45) is 0 Å². The first kappa shape index (κ1) is 28.7. The Morgan fingerprint density at radius 1 is 1.03 bits per heavy atom. The van der Waals surface area contributed by atoms with E-state index < -0.39 is 0 Å². The summed E-state index contributed by atoms with van der Waals surface area (Å²) in [5.41, 5.74) is 5.67. The van der Waals surface area contributed by atoms with E-state index in [0.29, 0.717) is 46.9 Å². The maximum atomic E-state index is 13.0. The molecule has 37 heavy (non-hydrogen) atoms. The summed E-state index contributed by atoms with van der Waals surface area (Å²) in [4.78, 5) is 26.6. The Morgan fingerprint density at radius 3 is 2.51 bits per heavy atom. The fourth-order valence-corrected chi connectivity index (χ4v) is 5.33. The molecule has 1 saturated heterocycles. The fraction of sp³-hybridized carbons (Fsp3) is 0.414. The molecule has 2 aromatic rings. The van der Waals surface area contributed by atoms with E-state index in [1.54, 1.807) is 18.9 Å². The highest BCUT2D eigenvalue weighted by Crippen LogP contribution is 2.35. The van der Waals surface area contributed by atoms with Crippen molar-refractivity contribution in [1.29, 1.82) is 0 Å². The van der Waals surface area contributed by atoms with Crippen LogP contribution in [0.4, 0.5) is 0 Å². The standard InChI is InChI=1S/C29H35NO5S2/c1-6-34-27(31)10-8-7-9-13-30-28(32)26(37-29(30)36)17-22-11-12-24(25(16-22)33-5)35-18-23-15-20(3)19(2)14-21(23)4/h11-12,14-17H,6-10,13,18H2,1-5H3/b26-17+. The molecule has 3 rings (SSSR count). The molecule has 0 atom stereocenters. The van der Waals surface area contributed by atoms with Gasteiger partial charge in [0.05, 0.1) is 18.6 Å². The van der Waals surface area contributed by atoms with Crippen LogP contribution in [0.5, 0.6) is 11.5 Å². The molecule has 1 amide bonds. The van der Waals surface area contributed by atoms with Gasteiger partial charge in [-0.15, -0.1) is 0 Å². The molecule has 0 aromatic heterocycles. The largest absolute Gasteiger partial charge is 0.493 e. The van der Waals surface area contributed by atoms with Crippen molar-refractivity contribution in [3.63, 3.8) is 0 Å².